The molecule has 12 fully saturated rings. The Morgan fingerprint density at radius 3 is 0.778 bits per heavy atom. The van der Waals surface area contributed by atoms with Crippen molar-refractivity contribution in [3.05, 3.63) is 14.9 Å². The molecule has 0 heterocycles. The number of nitrogens with one attached hydrogen (secondary N) is 6. The molecule has 0 radical (unpaired) electrons. The van der Waals surface area contributed by atoms with Crippen LogP contribution >= 0.6 is 0 Å². The van der Waals surface area contributed by atoms with Crippen LogP contribution in [0.3, 0.4) is 0 Å². The van der Waals surface area contributed by atoms with Gasteiger partial charge in [-0.25, -0.2) is 0 Å². The third kappa shape index (κ3) is 37.4. The average molecular weight is 1970 g/mol. The molecule has 0 aromatic rings. The van der Waals surface area contributed by atoms with Crippen molar-refractivity contribution in [3.63, 3.8) is 0 Å². The predicted molar refractivity (Wildman–Crippen MR) is 486 cm³/mol. The molecule has 0 spiro atoms. The zero-order chi connectivity index (χ0) is 90.2. The standard InChI is InChI=1S/C44H74N8O6.C17H29NO2.2C9H16O2.C8H15NO.C8H14O2.CH4.2CH3.FH.2Pd/c1-24-15-16-26(45)21-32(24)42(56)49-36-13-7-4-10-30(36)40(54)52-39-20-18-28(47)23-34(39)44(58)50-37-14-8-5-11-31(37)41(55)51-38-19-17-27(46)22-33(38)43(57)48-35-12-6-3-9-29(35)25(2)53;1-11-8-9-12(2)15(10-11)17(20)18-16-7-5-4-6-14(16)13(3)19;2*1-6-3-4-7(2)8(5-6)9(10)11;1-6(10)7-4-2-3-5-8(7)9;1-6-4-2-3-5-7(6)8(9)10;;;;;;/h24,26-39H,3-23,45-47H2,1-2H3,(H,48,57)(H,49,56)(H,50,58)(H,51,55)(H,52,54);11-12,14-16H,4-10H2,1-3H3,(H,18,20);2*6-8H,3-5H2,1-2H3,(H,10,11);7-8H,2-5,9H2,1H3;6-7H,2-5H2,1H3,(H,9,10);1H4;2*1H3;1H;;/q;;;;;;;2*-1;;;/p+3/t;;2*6-,7-,8-;7-,8+;6-,7-;;;;;;/m..1101....../s1/i/hT. The maximum Gasteiger partial charge on any atom is 0.306 e. The topological polar surface area (TPSA) is 447 Å². The van der Waals surface area contributed by atoms with Gasteiger partial charge >= 0.3 is 17.9 Å². The number of aliphatic carboxylic acids is 3. The van der Waals surface area contributed by atoms with Crippen molar-refractivity contribution in [2.45, 2.75) is 414 Å². The van der Waals surface area contributed by atoms with Gasteiger partial charge in [0, 0.05) is 145 Å². The van der Waals surface area contributed by atoms with E-state index in [1.54, 1.807) is 20.8 Å². The molecule has 6 amide bonds. The third-order valence-corrected chi connectivity index (χ3v) is 31.1. The van der Waals surface area contributed by atoms with Gasteiger partial charge in [-0.15, -0.1) is 0 Å². The first-order valence-electron chi connectivity index (χ1n) is 48.6. The number of hydrogen-bond acceptors (Lipinski definition) is 13. The second-order valence-corrected chi connectivity index (χ2v) is 40.9. The van der Waals surface area contributed by atoms with Crippen LogP contribution in [0.4, 0.5) is 4.72 Å². The van der Waals surface area contributed by atoms with E-state index in [2.05, 4.69) is 85.2 Å². The zero-order valence-electron chi connectivity index (χ0n) is 80.0. The van der Waals surface area contributed by atoms with Crippen LogP contribution in [-0.4, -0.2) is 148 Å². The number of Topliss-reactive ketones (excluding diaryl/α,β-unsaturated/α-hetero) is 3. The fraction of sp³-hybridized carbons (Fsp3) is 0.857. The second-order valence-electron chi connectivity index (χ2n) is 40.9. The van der Waals surface area contributed by atoms with E-state index in [1.165, 1.54) is 38.5 Å². The molecule has 0 saturated heterocycles. The van der Waals surface area contributed by atoms with Crippen LogP contribution in [0.25, 0.3) is 0 Å². The minimum absolute atomic E-state index is 0. The number of amides is 6. The number of ketones is 3. The summed E-state index contributed by atoms with van der Waals surface area (Å²) in [4.78, 5) is 149. The van der Waals surface area contributed by atoms with Gasteiger partial charge in [-0.05, 0) is 209 Å². The van der Waals surface area contributed by atoms with E-state index in [0.29, 0.717) is 92.3 Å². The van der Waals surface area contributed by atoms with E-state index in [0.717, 1.165) is 186 Å². The number of rotatable bonds is 18. The predicted octanol–water partition coefficient (Wildman–Crippen LogP) is 12.7. The maximum atomic E-state index is 14.3. The maximum absolute atomic E-state index is 14.3. The number of quaternary nitrogens is 3. The average Bonchev–Trinajstić information content (AvgIpc) is 0.812. The summed E-state index contributed by atoms with van der Waals surface area (Å²) < 4.78 is 13.0. The molecule has 0 aliphatic heterocycles. The molecule has 736 valence electrons. The first-order valence-corrected chi connectivity index (χ1v) is 48.2. The van der Waals surface area contributed by atoms with Crippen LogP contribution in [-0.2, 0) is 98.4 Å². The molecular weight excluding hydrogens is 1790 g/mol. The summed E-state index contributed by atoms with van der Waals surface area (Å²) in [6.45, 7) is 21.9. The zero-order valence-corrected chi connectivity index (χ0v) is 82.1. The van der Waals surface area contributed by atoms with Crippen molar-refractivity contribution in [1.29, 1.82) is 1.45 Å². The van der Waals surface area contributed by atoms with Crippen LogP contribution in [0.1, 0.15) is 353 Å². The molecule has 28 heteroatoms. The van der Waals surface area contributed by atoms with Gasteiger partial charge < -0.3 is 85.0 Å². The van der Waals surface area contributed by atoms with Crippen LogP contribution < -0.4 is 54.8 Å². The molecule has 12 aliphatic carbocycles. The van der Waals surface area contributed by atoms with Crippen molar-refractivity contribution < 1.29 is 136 Å². The molecule has 30 atom stereocenters. The smallest absolute Gasteiger partial charge is 0.306 e. The van der Waals surface area contributed by atoms with Gasteiger partial charge in [-0.1, -0.05) is 159 Å². The van der Waals surface area contributed by atoms with Crippen molar-refractivity contribution in [1.82, 2.24) is 31.9 Å². The van der Waals surface area contributed by atoms with Gasteiger partial charge in [0.25, 0.3) is 1.45 Å². The Morgan fingerprint density at radius 1 is 0.270 bits per heavy atom. The second kappa shape index (κ2) is 59.8. The summed E-state index contributed by atoms with van der Waals surface area (Å²) >= 11 is 0. The summed E-state index contributed by atoms with van der Waals surface area (Å²) in [6.07, 6.45) is 39.4. The number of hydrogen-bond donors (Lipinski definition) is 13. The first-order chi connectivity index (χ1) is 57.9. The number of nitrogens with two attached hydrogens (primary N) is 1. The Labute approximate surface area is 787 Å². The van der Waals surface area contributed by atoms with E-state index in [4.69, 9.17) is 25.8 Å². The van der Waals surface area contributed by atoms with Crippen molar-refractivity contribution in [3.8, 4) is 0 Å². The SMILES string of the molecule is C.CC(=O)C1CCCCC1NC(=O)C1CC(C)CCC1C.CC(=O)C1CCCCC1NC(=O)C1CC([NH3+])CCC1NC(=O)C1CCCCC1NC(=O)C1CC([NH3+])CCC1NC(=O)C1CCCCC1NC(=O)C1CC([NH3+])CCC1C.CC(=O)[C@@H]1CCCC[C@H]1N.C[C@@H]1CCCC[C@H]1C(=O)O.C[C@@H]1CC[C@@H](C)[C@H](C(=O)O)C1.C[C@@H]1CC[C@@H](C)[C@H](C(=O)O)C1.[3H]F.[CH3-].[CH3-].[Pd].[Pd]. The van der Waals surface area contributed by atoms with Gasteiger partial charge in [-0.3, -0.25) is 62.3 Å². The van der Waals surface area contributed by atoms with Crippen molar-refractivity contribution in [2.75, 3.05) is 0 Å². The summed E-state index contributed by atoms with van der Waals surface area (Å²) in [7, 11) is 0. The quantitative estimate of drug-likeness (QED) is 0.0448. The molecule has 12 aliphatic rings. The van der Waals surface area contributed by atoms with Crippen LogP contribution in [0.15, 0.2) is 0 Å². The molecule has 0 aromatic heterocycles. The summed E-state index contributed by atoms with van der Waals surface area (Å²) in [6, 6.07) is -0.753. The molecular formula is C98H178FN10O15Pd2+. The first kappa shape index (κ1) is 117. The Hall–Kier alpha value is -4.67. The number of carbonyl (C=O) groups is 12. The van der Waals surface area contributed by atoms with Crippen molar-refractivity contribution in [2.24, 2.45) is 124 Å². The summed E-state index contributed by atoms with van der Waals surface area (Å²) in [5, 5.41) is 45.9. The fourth-order valence-electron chi connectivity index (χ4n) is 22.8. The van der Waals surface area contributed by atoms with E-state index >= 15 is 0 Å². The summed E-state index contributed by atoms with van der Waals surface area (Å²) in [5.41, 5.74) is 18.6. The Balaban J connectivity index is 0.000000938. The minimum atomic E-state index is -0.607. The molecule has 20 N–H and O–H groups in total. The van der Waals surface area contributed by atoms with E-state index in [-0.39, 0.29) is 230 Å². The summed E-state index contributed by atoms with van der Waals surface area (Å²) in [5.74, 6) is 0.561. The molecule has 0 bridgehead atoms. The van der Waals surface area contributed by atoms with Crippen molar-refractivity contribution >= 4 is 70.7 Å². The van der Waals surface area contributed by atoms with E-state index in [1.807, 2.05) is 20.8 Å². The van der Waals surface area contributed by atoms with E-state index < -0.39 is 35.7 Å². The Bertz CT molecular complexity index is 3270. The van der Waals surface area contributed by atoms with Crippen LogP contribution in [0, 0.1) is 133 Å². The molecule has 0 aromatic carbocycles. The van der Waals surface area contributed by atoms with Crippen LogP contribution in [0.2, 0.25) is 0 Å². The van der Waals surface area contributed by atoms with Gasteiger partial charge in [0.05, 0.1) is 59.6 Å². The number of carboxylic acid groups (broad SMARTS) is 3. The third-order valence-electron chi connectivity index (χ3n) is 31.1. The fourth-order valence-corrected chi connectivity index (χ4v) is 22.8. The minimum Gasteiger partial charge on any atom is -0.481 e. The molecule has 12 saturated carbocycles. The number of carboxylic acids is 3. The number of halogens is 1. The molecule has 20 unspecified atom stereocenters. The molecule has 25 nitrogen and oxygen atoms in total. The van der Waals surface area contributed by atoms with Gasteiger partial charge in [-0.2, -0.15) is 0 Å². The Kier molecular flexibility index (Phi) is 55.7. The monoisotopic (exact) mass is 1970 g/mol. The largest absolute Gasteiger partial charge is 0.481 e. The van der Waals surface area contributed by atoms with E-state index in [9.17, 15) is 57.5 Å². The normalized spacial score (nSPS) is 36.5. The van der Waals surface area contributed by atoms with Gasteiger partial charge in [0.1, 0.15) is 17.3 Å². The van der Waals surface area contributed by atoms with Gasteiger partial charge in [0.2, 0.25) is 35.4 Å². The van der Waals surface area contributed by atoms with Gasteiger partial charge in [0.15, 0.2) is 0 Å². The Morgan fingerprint density at radius 2 is 0.484 bits per heavy atom. The molecule has 126 heavy (non-hydrogen) atoms. The number of carbonyl (C=O) groups excluding carboxylic acids is 9. The molecule has 12 rings (SSSR count). The van der Waals surface area contributed by atoms with Crippen LogP contribution in [0.5, 0.6) is 0 Å².